The first-order chi connectivity index (χ1) is 11.3. The lowest BCUT2D eigenvalue weighted by Gasteiger charge is -2.38. The van der Waals surface area contributed by atoms with Gasteiger partial charge in [-0.05, 0) is 25.0 Å². The molecule has 126 valence electrons. The van der Waals surface area contributed by atoms with Gasteiger partial charge < -0.3 is 14.6 Å². The van der Waals surface area contributed by atoms with E-state index in [4.69, 9.17) is 4.74 Å². The molecule has 1 amide bonds. The molecule has 3 rings (SSSR count). The number of nitrogens with one attached hydrogen (secondary N) is 1. The Kier molecular flexibility index (Phi) is 5.51. The molecule has 2 atom stereocenters. The highest BCUT2D eigenvalue weighted by atomic mass is 16.5. The van der Waals surface area contributed by atoms with Gasteiger partial charge in [0, 0.05) is 57.0 Å². The Labute approximate surface area is 138 Å². The van der Waals surface area contributed by atoms with Crippen molar-refractivity contribution >= 4 is 5.91 Å². The Hall–Kier alpha value is -1.59. The van der Waals surface area contributed by atoms with Crippen LogP contribution in [0.25, 0.3) is 0 Å². The van der Waals surface area contributed by atoms with Gasteiger partial charge in [0.2, 0.25) is 5.91 Å². The summed E-state index contributed by atoms with van der Waals surface area (Å²) >= 11 is 0. The summed E-state index contributed by atoms with van der Waals surface area (Å²) in [6.45, 7) is 9.12. The highest BCUT2D eigenvalue weighted by molar-refractivity contribution is 5.76. The molecule has 2 saturated heterocycles. The third kappa shape index (κ3) is 4.24. The number of ether oxygens (including phenoxy) is 1. The summed E-state index contributed by atoms with van der Waals surface area (Å²) in [6, 6.07) is 4.00. The second kappa shape index (κ2) is 7.79. The number of H-pyrrole nitrogens is 1. The quantitative estimate of drug-likeness (QED) is 0.841. The van der Waals surface area contributed by atoms with Crippen molar-refractivity contribution in [3.63, 3.8) is 0 Å². The summed E-state index contributed by atoms with van der Waals surface area (Å²) in [5.74, 6) is 0.777. The topological polar surface area (TPSA) is 48.6 Å². The number of aromatic amines is 1. The molecule has 23 heavy (non-hydrogen) atoms. The highest BCUT2D eigenvalue weighted by Crippen LogP contribution is 2.24. The molecule has 0 bridgehead atoms. The van der Waals surface area contributed by atoms with E-state index in [2.05, 4.69) is 16.5 Å². The molecule has 1 N–H and O–H groups in total. The van der Waals surface area contributed by atoms with Crippen molar-refractivity contribution < 1.29 is 9.53 Å². The van der Waals surface area contributed by atoms with Crippen LogP contribution in [0.4, 0.5) is 0 Å². The van der Waals surface area contributed by atoms with E-state index in [1.54, 1.807) is 0 Å². The highest BCUT2D eigenvalue weighted by Gasteiger charge is 2.34. The van der Waals surface area contributed by atoms with Crippen molar-refractivity contribution in [1.82, 2.24) is 14.8 Å². The van der Waals surface area contributed by atoms with E-state index >= 15 is 0 Å². The minimum Gasteiger partial charge on any atom is -0.375 e. The Bertz CT molecular complexity index is 514. The van der Waals surface area contributed by atoms with Gasteiger partial charge in [0.25, 0.3) is 0 Å². The fourth-order valence-corrected chi connectivity index (χ4v) is 3.62. The lowest BCUT2D eigenvalue weighted by Crippen LogP contribution is -2.49. The van der Waals surface area contributed by atoms with Crippen LogP contribution in [-0.2, 0) is 16.0 Å². The third-order valence-corrected chi connectivity index (χ3v) is 4.94. The van der Waals surface area contributed by atoms with Gasteiger partial charge >= 0.3 is 0 Å². The zero-order valence-corrected chi connectivity index (χ0v) is 13.7. The summed E-state index contributed by atoms with van der Waals surface area (Å²) in [4.78, 5) is 20.0. The average Bonchev–Trinajstić information content (AvgIpc) is 2.99. The number of rotatable bonds is 5. The van der Waals surface area contributed by atoms with Gasteiger partial charge in [-0.3, -0.25) is 9.69 Å². The molecule has 2 fully saturated rings. The molecule has 2 aliphatic rings. The minimum absolute atomic E-state index is 0.188. The SMILES string of the molecule is C=CCN1CCOC2CN(C(=O)CCc3ccc[nH]3)CCC2C1. The van der Waals surface area contributed by atoms with Crippen LogP contribution >= 0.6 is 0 Å². The minimum atomic E-state index is 0.188. The Morgan fingerprint density at radius 3 is 3.13 bits per heavy atom. The molecule has 0 aliphatic carbocycles. The number of piperidine rings is 1. The smallest absolute Gasteiger partial charge is 0.223 e. The lowest BCUT2D eigenvalue weighted by atomic mass is 9.93. The molecule has 0 spiro atoms. The fraction of sp³-hybridized carbons (Fsp3) is 0.611. The monoisotopic (exact) mass is 317 g/mol. The summed E-state index contributed by atoms with van der Waals surface area (Å²) in [5, 5.41) is 0. The number of carbonyl (C=O) groups excluding carboxylic acids is 1. The van der Waals surface area contributed by atoms with Crippen LogP contribution in [0.3, 0.4) is 0 Å². The van der Waals surface area contributed by atoms with Gasteiger partial charge in [-0.1, -0.05) is 6.08 Å². The summed E-state index contributed by atoms with van der Waals surface area (Å²) in [6.07, 6.45) is 6.43. The molecule has 1 aromatic heterocycles. The summed E-state index contributed by atoms with van der Waals surface area (Å²) in [5.41, 5.74) is 1.12. The van der Waals surface area contributed by atoms with E-state index in [0.29, 0.717) is 12.3 Å². The molecule has 1 aromatic rings. The van der Waals surface area contributed by atoms with E-state index in [1.165, 1.54) is 0 Å². The zero-order valence-electron chi connectivity index (χ0n) is 13.7. The maximum atomic E-state index is 12.5. The van der Waals surface area contributed by atoms with Crippen molar-refractivity contribution in [1.29, 1.82) is 0 Å². The van der Waals surface area contributed by atoms with Gasteiger partial charge in [-0.15, -0.1) is 6.58 Å². The number of aromatic nitrogens is 1. The fourth-order valence-electron chi connectivity index (χ4n) is 3.62. The molecule has 2 unspecified atom stereocenters. The van der Waals surface area contributed by atoms with E-state index < -0.39 is 0 Å². The second-order valence-electron chi connectivity index (χ2n) is 6.54. The van der Waals surface area contributed by atoms with E-state index in [1.807, 2.05) is 29.3 Å². The third-order valence-electron chi connectivity index (χ3n) is 4.94. The number of hydrogen-bond donors (Lipinski definition) is 1. The van der Waals surface area contributed by atoms with Gasteiger partial charge in [0.1, 0.15) is 0 Å². The van der Waals surface area contributed by atoms with Crippen LogP contribution in [0.1, 0.15) is 18.5 Å². The number of aryl methyl sites for hydroxylation is 1. The van der Waals surface area contributed by atoms with Gasteiger partial charge in [-0.2, -0.15) is 0 Å². The van der Waals surface area contributed by atoms with Gasteiger partial charge in [-0.25, -0.2) is 0 Å². The summed E-state index contributed by atoms with van der Waals surface area (Å²) < 4.78 is 6.04. The maximum absolute atomic E-state index is 12.5. The first-order valence-corrected chi connectivity index (χ1v) is 8.61. The van der Waals surface area contributed by atoms with Crippen LogP contribution in [0.2, 0.25) is 0 Å². The Morgan fingerprint density at radius 2 is 2.35 bits per heavy atom. The molecule has 0 saturated carbocycles. The number of hydrogen-bond acceptors (Lipinski definition) is 3. The normalized spacial score (nSPS) is 25.7. The standard InChI is InChI=1S/C18H27N3O2/c1-2-9-20-11-12-23-17-14-21(10-7-15(17)13-20)18(22)6-5-16-4-3-8-19-16/h2-4,8,15,17,19H,1,5-7,9-14H2. The molecule has 0 radical (unpaired) electrons. The van der Waals surface area contributed by atoms with Crippen molar-refractivity contribution in [2.75, 3.05) is 39.3 Å². The van der Waals surface area contributed by atoms with Crippen LogP contribution < -0.4 is 0 Å². The van der Waals surface area contributed by atoms with Gasteiger partial charge in [0.05, 0.1) is 12.7 Å². The number of likely N-dealkylation sites (tertiary alicyclic amines) is 1. The first-order valence-electron chi connectivity index (χ1n) is 8.61. The van der Waals surface area contributed by atoms with Crippen LogP contribution in [0.15, 0.2) is 31.0 Å². The van der Waals surface area contributed by atoms with Gasteiger partial charge in [0.15, 0.2) is 0 Å². The molecular weight excluding hydrogens is 290 g/mol. The molecular formula is C18H27N3O2. The lowest BCUT2D eigenvalue weighted by molar-refractivity contribution is -0.136. The summed E-state index contributed by atoms with van der Waals surface area (Å²) in [7, 11) is 0. The second-order valence-corrected chi connectivity index (χ2v) is 6.54. The first kappa shape index (κ1) is 16.3. The molecule has 3 heterocycles. The van der Waals surface area contributed by atoms with E-state index in [9.17, 15) is 4.79 Å². The van der Waals surface area contributed by atoms with Crippen LogP contribution in [0.5, 0.6) is 0 Å². The number of carbonyl (C=O) groups is 1. The predicted molar refractivity (Wildman–Crippen MR) is 90.2 cm³/mol. The zero-order chi connectivity index (χ0) is 16.1. The number of nitrogens with zero attached hydrogens (tertiary/aromatic N) is 2. The van der Waals surface area contributed by atoms with E-state index in [-0.39, 0.29) is 12.0 Å². The molecule has 5 heteroatoms. The number of amides is 1. The average molecular weight is 317 g/mol. The maximum Gasteiger partial charge on any atom is 0.223 e. The van der Waals surface area contributed by atoms with Crippen molar-refractivity contribution in [2.45, 2.75) is 25.4 Å². The Morgan fingerprint density at radius 1 is 1.43 bits per heavy atom. The molecule has 0 aromatic carbocycles. The number of fused-ring (bicyclic) bond motifs is 1. The molecule has 2 aliphatic heterocycles. The van der Waals surface area contributed by atoms with Crippen LogP contribution in [-0.4, -0.2) is 66.1 Å². The van der Waals surface area contributed by atoms with Crippen molar-refractivity contribution in [3.05, 3.63) is 36.7 Å². The Balaban J connectivity index is 1.51. The van der Waals surface area contributed by atoms with Crippen LogP contribution in [0, 0.1) is 5.92 Å². The van der Waals surface area contributed by atoms with Crippen molar-refractivity contribution in [3.8, 4) is 0 Å². The van der Waals surface area contributed by atoms with E-state index in [0.717, 1.165) is 57.9 Å². The largest absolute Gasteiger partial charge is 0.375 e. The van der Waals surface area contributed by atoms with Crippen molar-refractivity contribution in [2.24, 2.45) is 5.92 Å². The predicted octanol–water partition coefficient (Wildman–Crippen LogP) is 1.68. The molecule has 5 nitrogen and oxygen atoms in total.